The molecular formula is C10H17N3O. The zero-order chi connectivity index (χ0) is 10.6. The fourth-order valence-corrected chi connectivity index (χ4v) is 1.12. The van der Waals surface area contributed by atoms with Crippen LogP contribution in [0.5, 0.6) is 0 Å². The van der Waals surface area contributed by atoms with Crippen LogP contribution in [0.3, 0.4) is 0 Å². The Morgan fingerprint density at radius 3 is 2.79 bits per heavy atom. The quantitative estimate of drug-likeness (QED) is 0.788. The van der Waals surface area contributed by atoms with Gasteiger partial charge in [-0.15, -0.1) is 0 Å². The van der Waals surface area contributed by atoms with Crippen molar-refractivity contribution in [1.29, 1.82) is 0 Å². The summed E-state index contributed by atoms with van der Waals surface area (Å²) in [7, 11) is 1.77. The van der Waals surface area contributed by atoms with E-state index in [1.54, 1.807) is 19.3 Å². The molecule has 1 rings (SSSR count). The van der Waals surface area contributed by atoms with E-state index in [1.165, 1.54) is 4.68 Å². The number of anilines is 1. The zero-order valence-electron chi connectivity index (χ0n) is 8.95. The van der Waals surface area contributed by atoms with Crippen LogP contribution in [0, 0.1) is 5.92 Å². The topological polar surface area (TPSA) is 46.9 Å². The van der Waals surface area contributed by atoms with Crippen molar-refractivity contribution in [2.24, 2.45) is 5.92 Å². The average molecular weight is 195 g/mol. The van der Waals surface area contributed by atoms with Gasteiger partial charge in [0.25, 0.3) is 5.56 Å². The van der Waals surface area contributed by atoms with Gasteiger partial charge in [0, 0.05) is 19.7 Å². The Bertz CT molecular complexity index is 343. The van der Waals surface area contributed by atoms with Crippen LogP contribution < -0.4 is 10.9 Å². The molecular weight excluding hydrogens is 178 g/mol. The van der Waals surface area contributed by atoms with Crippen molar-refractivity contribution in [1.82, 2.24) is 9.78 Å². The first-order valence-corrected chi connectivity index (χ1v) is 4.88. The number of aryl methyl sites for hydroxylation is 1. The molecule has 0 fully saturated rings. The minimum Gasteiger partial charge on any atom is -0.387 e. The molecule has 0 saturated carbocycles. The van der Waals surface area contributed by atoms with E-state index < -0.39 is 0 Å². The van der Waals surface area contributed by atoms with Crippen LogP contribution in [0.1, 0.15) is 20.3 Å². The van der Waals surface area contributed by atoms with E-state index in [-0.39, 0.29) is 5.56 Å². The molecule has 0 bridgehead atoms. The van der Waals surface area contributed by atoms with E-state index in [9.17, 15) is 4.79 Å². The molecule has 0 aliphatic rings. The van der Waals surface area contributed by atoms with Gasteiger partial charge in [0.2, 0.25) is 0 Å². The number of hydrogen-bond donors (Lipinski definition) is 1. The average Bonchev–Trinajstić information content (AvgIpc) is 2.15. The van der Waals surface area contributed by atoms with E-state index in [0.29, 0.717) is 12.5 Å². The minimum absolute atomic E-state index is 0.0440. The predicted molar refractivity (Wildman–Crippen MR) is 57.5 cm³/mol. The molecule has 14 heavy (non-hydrogen) atoms. The van der Waals surface area contributed by atoms with Crippen LogP contribution in [0.25, 0.3) is 0 Å². The molecule has 0 radical (unpaired) electrons. The summed E-state index contributed by atoms with van der Waals surface area (Å²) in [6, 6.07) is 1.56. The lowest BCUT2D eigenvalue weighted by Gasteiger charge is -2.07. The van der Waals surface area contributed by atoms with Crippen molar-refractivity contribution in [2.75, 3.05) is 12.4 Å². The second-order valence-corrected chi connectivity index (χ2v) is 3.74. The van der Waals surface area contributed by atoms with Crippen LogP contribution in [-0.4, -0.2) is 16.8 Å². The Morgan fingerprint density at radius 1 is 1.57 bits per heavy atom. The third-order valence-corrected chi connectivity index (χ3v) is 2.08. The van der Waals surface area contributed by atoms with Gasteiger partial charge in [0.15, 0.2) is 0 Å². The van der Waals surface area contributed by atoms with Crippen molar-refractivity contribution in [2.45, 2.75) is 26.8 Å². The molecule has 1 heterocycles. The van der Waals surface area contributed by atoms with Gasteiger partial charge in [-0.25, -0.2) is 4.68 Å². The Hall–Kier alpha value is -1.32. The lowest BCUT2D eigenvalue weighted by Crippen LogP contribution is -2.23. The van der Waals surface area contributed by atoms with E-state index >= 15 is 0 Å². The molecule has 78 valence electrons. The molecule has 0 unspecified atom stereocenters. The number of nitrogens with one attached hydrogen (secondary N) is 1. The van der Waals surface area contributed by atoms with E-state index in [0.717, 1.165) is 12.1 Å². The minimum atomic E-state index is -0.0440. The first-order valence-electron chi connectivity index (χ1n) is 4.88. The largest absolute Gasteiger partial charge is 0.387 e. The third kappa shape index (κ3) is 2.87. The van der Waals surface area contributed by atoms with Crippen LogP contribution in [0.15, 0.2) is 17.1 Å². The highest BCUT2D eigenvalue weighted by Crippen LogP contribution is 2.01. The summed E-state index contributed by atoms with van der Waals surface area (Å²) in [4.78, 5) is 11.5. The van der Waals surface area contributed by atoms with Crippen molar-refractivity contribution in [3.63, 3.8) is 0 Å². The number of hydrogen-bond acceptors (Lipinski definition) is 3. The van der Waals surface area contributed by atoms with Gasteiger partial charge < -0.3 is 5.32 Å². The summed E-state index contributed by atoms with van der Waals surface area (Å²) in [5, 5.41) is 6.95. The zero-order valence-corrected chi connectivity index (χ0v) is 8.95. The molecule has 1 aromatic rings. The molecule has 0 aliphatic carbocycles. The Labute approximate surface area is 84.0 Å². The number of nitrogens with zero attached hydrogens (tertiary/aromatic N) is 2. The van der Waals surface area contributed by atoms with Gasteiger partial charge in [-0.05, 0) is 12.3 Å². The molecule has 0 saturated heterocycles. The standard InChI is InChI=1S/C10H17N3O/c1-8(2)4-5-13-10(14)6-9(11-3)7-12-13/h6-8,11H,4-5H2,1-3H3. The Kier molecular flexibility index (Phi) is 3.68. The third-order valence-electron chi connectivity index (χ3n) is 2.08. The second kappa shape index (κ2) is 4.79. The van der Waals surface area contributed by atoms with Crippen molar-refractivity contribution in [3.8, 4) is 0 Å². The summed E-state index contributed by atoms with van der Waals surface area (Å²) < 4.78 is 1.50. The predicted octanol–water partition coefficient (Wildman–Crippen LogP) is 1.33. The van der Waals surface area contributed by atoms with Crippen molar-refractivity contribution in [3.05, 3.63) is 22.6 Å². The van der Waals surface area contributed by atoms with Gasteiger partial charge in [-0.3, -0.25) is 4.79 Å². The lowest BCUT2D eigenvalue weighted by atomic mass is 10.1. The fourth-order valence-electron chi connectivity index (χ4n) is 1.12. The summed E-state index contributed by atoms with van der Waals surface area (Å²) in [5.41, 5.74) is 0.716. The number of rotatable bonds is 4. The molecule has 0 aliphatic heterocycles. The van der Waals surface area contributed by atoms with E-state index in [4.69, 9.17) is 0 Å². The van der Waals surface area contributed by atoms with Gasteiger partial charge in [0.05, 0.1) is 11.9 Å². The van der Waals surface area contributed by atoms with Crippen LogP contribution >= 0.6 is 0 Å². The van der Waals surface area contributed by atoms with Crippen LogP contribution in [0.2, 0.25) is 0 Å². The van der Waals surface area contributed by atoms with Crippen LogP contribution in [-0.2, 0) is 6.54 Å². The maximum absolute atomic E-state index is 11.5. The highest BCUT2D eigenvalue weighted by atomic mass is 16.1. The van der Waals surface area contributed by atoms with Crippen molar-refractivity contribution < 1.29 is 0 Å². The van der Waals surface area contributed by atoms with E-state index in [2.05, 4.69) is 24.3 Å². The maximum Gasteiger partial charge on any atom is 0.268 e. The highest BCUT2D eigenvalue weighted by molar-refractivity contribution is 5.37. The normalized spacial score (nSPS) is 10.6. The molecule has 0 aromatic carbocycles. The van der Waals surface area contributed by atoms with Gasteiger partial charge in [-0.2, -0.15) is 5.10 Å². The summed E-state index contributed by atoms with van der Waals surface area (Å²) in [6.45, 7) is 4.96. The Morgan fingerprint density at radius 2 is 2.29 bits per heavy atom. The van der Waals surface area contributed by atoms with Gasteiger partial charge in [0.1, 0.15) is 0 Å². The Balaban J connectivity index is 2.74. The molecule has 4 nitrogen and oxygen atoms in total. The number of aromatic nitrogens is 2. The SMILES string of the molecule is CNc1cnn(CCC(C)C)c(=O)c1. The smallest absolute Gasteiger partial charge is 0.268 e. The van der Waals surface area contributed by atoms with E-state index in [1.807, 2.05) is 0 Å². The fraction of sp³-hybridized carbons (Fsp3) is 0.600. The summed E-state index contributed by atoms with van der Waals surface area (Å²) in [6.07, 6.45) is 2.65. The summed E-state index contributed by atoms with van der Waals surface area (Å²) >= 11 is 0. The molecule has 1 aromatic heterocycles. The monoisotopic (exact) mass is 195 g/mol. The van der Waals surface area contributed by atoms with Crippen molar-refractivity contribution >= 4 is 5.69 Å². The molecule has 4 heteroatoms. The highest BCUT2D eigenvalue weighted by Gasteiger charge is 2.00. The molecule has 0 spiro atoms. The summed E-state index contributed by atoms with van der Waals surface area (Å²) in [5.74, 6) is 0.590. The second-order valence-electron chi connectivity index (χ2n) is 3.74. The first kappa shape index (κ1) is 10.8. The van der Waals surface area contributed by atoms with Gasteiger partial charge >= 0.3 is 0 Å². The lowest BCUT2D eigenvalue weighted by molar-refractivity contribution is 0.472. The molecule has 0 atom stereocenters. The first-order chi connectivity index (χ1) is 6.63. The molecule has 1 N–H and O–H groups in total. The van der Waals surface area contributed by atoms with Gasteiger partial charge in [-0.1, -0.05) is 13.8 Å². The maximum atomic E-state index is 11.5. The molecule has 0 amide bonds. The van der Waals surface area contributed by atoms with Crippen LogP contribution in [0.4, 0.5) is 5.69 Å².